The lowest BCUT2D eigenvalue weighted by Gasteiger charge is -2.23. The Kier molecular flexibility index (Phi) is 5.25. The third-order valence-corrected chi connectivity index (χ3v) is 4.96. The van der Waals surface area contributed by atoms with Crippen LogP contribution < -0.4 is 5.32 Å². The molecule has 1 N–H and O–H groups in total. The van der Waals surface area contributed by atoms with Gasteiger partial charge in [-0.15, -0.1) is 11.8 Å². The maximum atomic E-state index is 12.1. The summed E-state index contributed by atoms with van der Waals surface area (Å²) in [6, 6.07) is 3.83. The van der Waals surface area contributed by atoms with Crippen molar-refractivity contribution in [3.8, 4) is 0 Å². The minimum Gasteiger partial charge on any atom is -0.310 e. The summed E-state index contributed by atoms with van der Waals surface area (Å²) in [5.74, 6) is 0.717. The minimum absolute atomic E-state index is 0.00888. The average molecular weight is 278 g/mol. The van der Waals surface area contributed by atoms with E-state index in [1.807, 2.05) is 37.7 Å². The van der Waals surface area contributed by atoms with Gasteiger partial charge in [-0.1, -0.05) is 19.3 Å². The molecule has 0 radical (unpaired) electrons. The second-order valence-electron chi connectivity index (χ2n) is 5.25. The normalized spacial score (nSPS) is 18.0. The number of carbonyl (C=O) groups is 1. The molecule has 1 heterocycles. The number of amides is 1. The highest BCUT2D eigenvalue weighted by Crippen LogP contribution is 2.31. The highest BCUT2D eigenvalue weighted by Gasteiger charge is 2.21. The number of aromatic nitrogens is 1. The van der Waals surface area contributed by atoms with Gasteiger partial charge in [0.25, 0.3) is 0 Å². The highest BCUT2D eigenvalue weighted by molar-refractivity contribution is 8.01. The van der Waals surface area contributed by atoms with E-state index in [0.717, 1.165) is 5.56 Å². The van der Waals surface area contributed by atoms with Gasteiger partial charge in [-0.3, -0.25) is 4.79 Å². The van der Waals surface area contributed by atoms with E-state index in [9.17, 15) is 4.79 Å². The van der Waals surface area contributed by atoms with Crippen LogP contribution in [0.4, 0.5) is 5.82 Å². The first-order chi connectivity index (χ1) is 9.15. The third kappa shape index (κ3) is 4.53. The van der Waals surface area contributed by atoms with E-state index >= 15 is 0 Å². The molecular formula is C15H22N2OS. The summed E-state index contributed by atoms with van der Waals surface area (Å²) in [7, 11) is 0. The number of aryl methyl sites for hydroxylation is 1. The number of nitrogens with one attached hydrogen (secondary N) is 1. The lowest BCUT2D eigenvalue weighted by atomic mass is 10.0. The maximum Gasteiger partial charge on any atom is 0.238 e. The molecule has 1 atom stereocenters. The molecule has 0 spiro atoms. The molecule has 1 unspecified atom stereocenters. The van der Waals surface area contributed by atoms with E-state index in [4.69, 9.17) is 0 Å². The summed E-state index contributed by atoms with van der Waals surface area (Å²) >= 11 is 1.81. The molecule has 2 rings (SSSR count). The van der Waals surface area contributed by atoms with Crippen LogP contribution in [0.3, 0.4) is 0 Å². The largest absolute Gasteiger partial charge is 0.310 e. The van der Waals surface area contributed by atoms with Crippen molar-refractivity contribution in [3.05, 3.63) is 23.9 Å². The molecule has 3 nitrogen and oxygen atoms in total. The van der Waals surface area contributed by atoms with Crippen molar-refractivity contribution in [1.82, 2.24) is 4.98 Å². The standard InChI is InChI=1S/C15H22N2OS/c1-11-8-9-16-14(10-11)17-15(18)12(2)19-13-6-4-3-5-7-13/h8-10,12-13H,3-7H2,1-2H3,(H,16,17,18). The highest BCUT2D eigenvalue weighted by atomic mass is 32.2. The second kappa shape index (κ2) is 6.94. The van der Waals surface area contributed by atoms with Crippen LogP contribution in [0.1, 0.15) is 44.6 Å². The Bertz CT molecular complexity index is 430. The lowest BCUT2D eigenvalue weighted by Crippen LogP contribution is -2.25. The van der Waals surface area contributed by atoms with Crippen LogP contribution in [-0.4, -0.2) is 21.4 Å². The van der Waals surface area contributed by atoms with Crippen LogP contribution in [0.5, 0.6) is 0 Å². The summed E-state index contributed by atoms with van der Waals surface area (Å²) < 4.78 is 0. The molecule has 0 aliphatic heterocycles. The zero-order valence-corrected chi connectivity index (χ0v) is 12.5. The molecule has 1 amide bonds. The zero-order chi connectivity index (χ0) is 13.7. The predicted molar refractivity (Wildman–Crippen MR) is 81.5 cm³/mol. The molecule has 1 saturated carbocycles. The molecular weight excluding hydrogens is 256 g/mol. The Morgan fingerprint density at radius 3 is 2.84 bits per heavy atom. The molecule has 0 saturated heterocycles. The Hall–Kier alpha value is -1.03. The van der Waals surface area contributed by atoms with Crippen molar-refractivity contribution in [3.63, 3.8) is 0 Å². The van der Waals surface area contributed by atoms with Crippen molar-refractivity contribution < 1.29 is 4.79 Å². The quantitative estimate of drug-likeness (QED) is 0.911. The van der Waals surface area contributed by atoms with Crippen molar-refractivity contribution in [1.29, 1.82) is 0 Å². The number of carbonyl (C=O) groups excluding carboxylic acids is 1. The van der Waals surface area contributed by atoms with E-state index in [0.29, 0.717) is 11.1 Å². The fourth-order valence-corrected chi connectivity index (χ4v) is 3.75. The van der Waals surface area contributed by atoms with Gasteiger partial charge in [-0.2, -0.15) is 0 Å². The Morgan fingerprint density at radius 2 is 2.16 bits per heavy atom. The molecule has 1 aromatic heterocycles. The summed E-state index contributed by atoms with van der Waals surface area (Å²) in [6.45, 7) is 3.99. The fourth-order valence-electron chi connectivity index (χ4n) is 2.38. The average Bonchev–Trinajstić information content (AvgIpc) is 2.40. The first kappa shape index (κ1) is 14.4. The van der Waals surface area contributed by atoms with E-state index in [-0.39, 0.29) is 11.2 Å². The molecule has 4 heteroatoms. The Morgan fingerprint density at radius 1 is 1.42 bits per heavy atom. The van der Waals surface area contributed by atoms with Crippen LogP contribution in [0.25, 0.3) is 0 Å². The van der Waals surface area contributed by atoms with Crippen LogP contribution in [0.15, 0.2) is 18.3 Å². The van der Waals surface area contributed by atoms with Gasteiger partial charge in [0.15, 0.2) is 0 Å². The van der Waals surface area contributed by atoms with Gasteiger partial charge in [-0.05, 0) is 44.4 Å². The molecule has 0 bridgehead atoms. The van der Waals surface area contributed by atoms with E-state index in [1.165, 1.54) is 32.1 Å². The number of nitrogens with zero attached hydrogens (tertiary/aromatic N) is 1. The third-order valence-electron chi connectivity index (χ3n) is 3.48. The first-order valence-electron chi connectivity index (χ1n) is 7.04. The van der Waals surface area contributed by atoms with Gasteiger partial charge in [-0.25, -0.2) is 4.98 Å². The topological polar surface area (TPSA) is 42.0 Å². The van der Waals surface area contributed by atoms with Crippen molar-refractivity contribution in [2.24, 2.45) is 0 Å². The lowest BCUT2D eigenvalue weighted by molar-refractivity contribution is -0.115. The number of hydrogen-bond acceptors (Lipinski definition) is 3. The minimum atomic E-state index is -0.00888. The molecule has 0 aromatic carbocycles. The number of hydrogen-bond donors (Lipinski definition) is 1. The first-order valence-corrected chi connectivity index (χ1v) is 7.98. The van der Waals surface area contributed by atoms with Gasteiger partial charge >= 0.3 is 0 Å². The molecule has 104 valence electrons. The smallest absolute Gasteiger partial charge is 0.238 e. The Balaban J connectivity index is 1.84. The summed E-state index contributed by atoms with van der Waals surface area (Å²) in [5, 5.41) is 3.55. The van der Waals surface area contributed by atoms with Gasteiger partial charge in [0.05, 0.1) is 5.25 Å². The van der Waals surface area contributed by atoms with E-state index < -0.39 is 0 Å². The second-order valence-corrected chi connectivity index (χ2v) is 6.89. The summed E-state index contributed by atoms with van der Waals surface area (Å²) in [5.41, 5.74) is 1.11. The van der Waals surface area contributed by atoms with Gasteiger partial charge in [0, 0.05) is 11.4 Å². The van der Waals surface area contributed by atoms with Crippen molar-refractivity contribution >= 4 is 23.5 Å². The van der Waals surface area contributed by atoms with Gasteiger partial charge < -0.3 is 5.32 Å². The summed E-state index contributed by atoms with van der Waals surface area (Å²) in [4.78, 5) is 16.3. The fraction of sp³-hybridized carbons (Fsp3) is 0.600. The predicted octanol–water partition coefficient (Wildman–Crippen LogP) is 3.78. The number of pyridine rings is 1. The van der Waals surface area contributed by atoms with Crippen molar-refractivity contribution in [2.45, 2.75) is 56.5 Å². The van der Waals surface area contributed by atoms with Crippen LogP contribution in [0, 0.1) is 6.92 Å². The maximum absolute atomic E-state index is 12.1. The monoisotopic (exact) mass is 278 g/mol. The number of anilines is 1. The SMILES string of the molecule is Cc1ccnc(NC(=O)C(C)SC2CCCCC2)c1. The summed E-state index contributed by atoms with van der Waals surface area (Å²) in [6.07, 6.45) is 8.21. The van der Waals surface area contributed by atoms with Crippen LogP contribution >= 0.6 is 11.8 Å². The van der Waals surface area contributed by atoms with Gasteiger partial charge in [0.2, 0.25) is 5.91 Å². The molecule has 1 aliphatic carbocycles. The molecule has 1 aliphatic rings. The molecule has 1 fully saturated rings. The van der Waals surface area contributed by atoms with Crippen molar-refractivity contribution in [2.75, 3.05) is 5.32 Å². The van der Waals surface area contributed by atoms with E-state index in [1.54, 1.807) is 6.20 Å². The van der Waals surface area contributed by atoms with Crippen LogP contribution in [-0.2, 0) is 4.79 Å². The number of thioether (sulfide) groups is 1. The van der Waals surface area contributed by atoms with E-state index in [2.05, 4.69) is 10.3 Å². The Labute approximate surface area is 119 Å². The van der Waals surface area contributed by atoms with Gasteiger partial charge in [0.1, 0.15) is 5.82 Å². The molecule has 19 heavy (non-hydrogen) atoms. The number of rotatable bonds is 4. The molecule has 1 aromatic rings. The zero-order valence-electron chi connectivity index (χ0n) is 11.7. The van der Waals surface area contributed by atoms with Crippen LogP contribution in [0.2, 0.25) is 0 Å².